The molecule has 72 valence electrons. The molecule has 0 saturated heterocycles. The smallest absolute Gasteiger partial charge is 0.0522 e. The first-order valence-corrected chi connectivity index (χ1v) is 4.72. The molecule has 2 heteroatoms. The summed E-state index contributed by atoms with van der Waals surface area (Å²) in [5, 5.41) is 9.95. The fraction of sp³-hybridized carbons (Fsp3) is 0.455. The van der Waals surface area contributed by atoms with E-state index < -0.39 is 0 Å². The molecule has 1 N–H and O–H groups in total. The van der Waals surface area contributed by atoms with Crippen molar-refractivity contribution in [1.82, 2.24) is 0 Å². The molecule has 1 aromatic carbocycles. The van der Waals surface area contributed by atoms with Crippen LogP contribution in [-0.4, -0.2) is 11.7 Å². The Kier molecular flexibility index (Phi) is 2.99. The van der Waals surface area contributed by atoms with Gasteiger partial charge in [-0.2, -0.15) is 0 Å². The van der Waals surface area contributed by atoms with Crippen molar-refractivity contribution in [2.45, 2.75) is 26.2 Å². The van der Waals surface area contributed by atoms with E-state index in [2.05, 4.69) is 0 Å². The molecule has 0 atom stereocenters. The van der Waals surface area contributed by atoms with Gasteiger partial charge in [0.15, 0.2) is 0 Å². The average molecular weight is 199 g/mol. The molecule has 0 aliphatic carbocycles. The van der Waals surface area contributed by atoms with Crippen molar-refractivity contribution in [3.8, 4) is 0 Å². The van der Waals surface area contributed by atoms with E-state index in [-0.39, 0.29) is 12.0 Å². The van der Waals surface area contributed by atoms with Crippen molar-refractivity contribution in [2.24, 2.45) is 0 Å². The van der Waals surface area contributed by atoms with Crippen molar-refractivity contribution in [2.75, 3.05) is 6.61 Å². The van der Waals surface area contributed by atoms with Crippen molar-refractivity contribution in [3.63, 3.8) is 0 Å². The number of aliphatic hydroxyl groups excluding tert-OH is 1. The molecular formula is C11H15ClO. The van der Waals surface area contributed by atoms with Gasteiger partial charge in [0.1, 0.15) is 0 Å². The van der Waals surface area contributed by atoms with Gasteiger partial charge in [0.2, 0.25) is 0 Å². The van der Waals surface area contributed by atoms with Crippen molar-refractivity contribution in [3.05, 3.63) is 34.3 Å². The molecular weight excluding hydrogens is 184 g/mol. The molecule has 0 spiro atoms. The Bertz CT molecular complexity index is 305. The molecule has 1 rings (SSSR count). The summed E-state index contributed by atoms with van der Waals surface area (Å²) in [6, 6.07) is 5.87. The Morgan fingerprint density at radius 2 is 2.00 bits per heavy atom. The Hall–Kier alpha value is -0.530. The number of hydrogen-bond acceptors (Lipinski definition) is 1. The van der Waals surface area contributed by atoms with Crippen LogP contribution in [0, 0.1) is 6.92 Å². The third-order valence-corrected chi connectivity index (χ3v) is 2.76. The van der Waals surface area contributed by atoms with E-state index in [9.17, 15) is 5.11 Å². The van der Waals surface area contributed by atoms with Gasteiger partial charge in [0, 0.05) is 10.4 Å². The Morgan fingerprint density at radius 3 is 2.46 bits per heavy atom. The van der Waals surface area contributed by atoms with E-state index in [4.69, 9.17) is 11.6 Å². The van der Waals surface area contributed by atoms with Crippen LogP contribution in [0.25, 0.3) is 0 Å². The SMILES string of the molecule is Cc1cc(C(C)(C)CO)ccc1Cl. The molecule has 0 unspecified atom stereocenters. The van der Waals surface area contributed by atoms with Gasteiger partial charge >= 0.3 is 0 Å². The summed E-state index contributed by atoms with van der Waals surface area (Å²) < 4.78 is 0. The minimum Gasteiger partial charge on any atom is -0.395 e. The second-order valence-corrected chi connectivity index (χ2v) is 4.41. The quantitative estimate of drug-likeness (QED) is 0.775. The van der Waals surface area contributed by atoms with E-state index in [0.29, 0.717) is 0 Å². The van der Waals surface area contributed by atoms with Crippen LogP contribution in [0.3, 0.4) is 0 Å². The van der Waals surface area contributed by atoms with Crippen molar-refractivity contribution < 1.29 is 5.11 Å². The summed E-state index contributed by atoms with van der Waals surface area (Å²) >= 11 is 5.91. The summed E-state index contributed by atoms with van der Waals surface area (Å²) in [7, 11) is 0. The van der Waals surface area contributed by atoms with Crippen LogP contribution in [0.4, 0.5) is 0 Å². The molecule has 0 bridgehead atoms. The summed E-state index contributed by atoms with van der Waals surface area (Å²) in [6.07, 6.45) is 0. The fourth-order valence-electron chi connectivity index (χ4n) is 1.16. The van der Waals surface area contributed by atoms with Crippen molar-refractivity contribution >= 4 is 11.6 Å². The normalized spacial score (nSPS) is 11.8. The molecule has 1 nitrogen and oxygen atoms in total. The van der Waals surface area contributed by atoms with E-state index in [0.717, 1.165) is 16.1 Å². The van der Waals surface area contributed by atoms with E-state index in [1.54, 1.807) is 0 Å². The Morgan fingerprint density at radius 1 is 1.38 bits per heavy atom. The van der Waals surface area contributed by atoms with E-state index >= 15 is 0 Å². The van der Waals surface area contributed by atoms with Crippen LogP contribution in [0.1, 0.15) is 25.0 Å². The van der Waals surface area contributed by atoms with Crippen LogP contribution >= 0.6 is 11.6 Å². The second-order valence-electron chi connectivity index (χ2n) is 4.01. The molecule has 0 aliphatic heterocycles. The van der Waals surface area contributed by atoms with Gasteiger partial charge in [0.05, 0.1) is 6.61 Å². The lowest BCUT2D eigenvalue weighted by Crippen LogP contribution is -2.21. The predicted molar refractivity (Wildman–Crippen MR) is 56.3 cm³/mol. The molecule has 0 heterocycles. The molecule has 0 aliphatic rings. The maximum atomic E-state index is 9.17. The maximum Gasteiger partial charge on any atom is 0.0522 e. The summed E-state index contributed by atoms with van der Waals surface area (Å²) in [6.45, 7) is 6.14. The van der Waals surface area contributed by atoms with Gasteiger partial charge in [-0.05, 0) is 24.1 Å². The zero-order valence-corrected chi connectivity index (χ0v) is 9.02. The van der Waals surface area contributed by atoms with Crippen molar-refractivity contribution in [1.29, 1.82) is 0 Å². The number of halogens is 1. The number of hydrogen-bond donors (Lipinski definition) is 1. The first-order valence-electron chi connectivity index (χ1n) is 4.35. The number of aliphatic hydroxyl groups is 1. The summed E-state index contributed by atoms with van der Waals surface area (Å²) in [4.78, 5) is 0. The fourth-order valence-corrected chi connectivity index (χ4v) is 1.27. The van der Waals surface area contributed by atoms with Crippen LogP contribution in [0.5, 0.6) is 0 Å². The molecule has 13 heavy (non-hydrogen) atoms. The minimum atomic E-state index is -0.185. The van der Waals surface area contributed by atoms with Gasteiger partial charge in [-0.15, -0.1) is 0 Å². The Balaban J connectivity index is 3.10. The standard InChI is InChI=1S/C11H15ClO/c1-8-6-9(4-5-10(8)12)11(2,3)7-13/h4-6,13H,7H2,1-3H3. The highest BCUT2D eigenvalue weighted by Crippen LogP contribution is 2.26. The maximum absolute atomic E-state index is 9.17. The molecule has 0 amide bonds. The lowest BCUT2D eigenvalue weighted by atomic mass is 9.85. The second kappa shape index (κ2) is 3.69. The summed E-state index contributed by atoms with van der Waals surface area (Å²) in [5.41, 5.74) is 1.99. The monoisotopic (exact) mass is 198 g/mol. The van der Waals surface area contributed by atoms with Gasteiger partial charge < -0.3 is 5.11 Å². The molecule has 0 aromatic heterocycles. The third-order valence-electron chi connectivity index (χ3n) is 2.33. The van der Waals surface area contributed by atoms with Gasteiger partial charge in [-0.25, -0.2) is 0 Å². The predicted octanol–water partition coefficient (Wildman–Crippen LogP) is 2.92. The highest BCUT2D eigenvalue weighted by atomic mass is 35.5. The van der Waals surface area contributed by atoms with E-state index in [1.807, 2.05) is 39.0 Å². The highest BCUT2D eigenvalue weighted by Gasteiger charge is 2.19. The number of aryl methyl sites for hydroxylation is 1. The zero-order valence-electron chi connectivity index (χ0n) is 8.26. The van der Waals surface area contributed by atoms with Crippen LogP contribution in [0.2, 0.25) is 5.02 Å². The number of benzene rings is 1. The molecule has 0 radical (unpaired) electrons. The van der Waals surface area contributed by atoms with Crippen LogP contribution < -0.4 is 0 Å². The number of rotatable bonds is 2. The third kappa shape index (κ3) is 2.23. The Labute approximate surface area is 84.4 Å². The lowest BCUT2D eigenvalue weighted by molar-refractivity contribution is 0.218. The lowest BCUT2D eigenvalue weighted by Gasteiger charge is -2.22. The van der Waals surface area contributed by atoms with Gasteiger partial charge in [-0.1, -0.05) is 37.6 Å². The summed E-state index contributed by atoms with van der Waals surface area (Å²) in [5.74, 6) is 0. The first-order chi connectivity index (χ1) is 5.97. The van der Waals surface area contributed by atoms with Gasteiger partial charge in [0.25, 0.3) is 0 Å². The molecule has 1 aromatic rings. The van der Waals surface area contributed by atoms with Crippen LogP contribution in [0.15, 0.2) is 18.2 Å². The highest BCUT2D eigenvalue weighted by molar-refractivity contribution is 6.31. The topological polar surface area (TPSA) is 20.2 Å². The van der Waals surface area contributed by atoms with Gasteiger partial charge in [-0.3, -0.25) is 0 Å². The largest absolute Gasteiger partial charge is 0.395 e. The molecule has 0 fully saturated rings. The zero-order chi connectivity index (χ0) is 10.1. The minimum absolute atomic E-state index is 0.147. The molecule has 0 saturated carbocycles. The van der Waals surface area contributed by atoms with E-state index in [1.165, 1.54) is 0 Å². The average Bonchev–Trinajstić information content (AvgIpc) is 2.09. The van der Waals surface area contributed by atoms with Crippen LogP contribution in [-0.2, 0) is 5.41 Å². The first kappa shape index (κ1) is 10.6.